The summed E-state index contributed by atoms with van der Waals surface area (Å²) in [5.41, 5.74) is 2.15. The molecule has 1 N–H and O–H groups in total. The van der Waals surface area contributed by atoms with Gasteiger partial charge in [0, 0.05) is 11.3 Å². The van der Waals surface area contributed by atoms with Gasteiger partial charge in [-0.1, -0.05) is 5.16 Å². The van der Waals surface area contributed by atoms with Gasteiger partial charge in [-0.15, -0.1) is 0 Å². The van der Waals surface area contributed by atoms with Gasteiger partial charge in [0.05, 0.1) is 12.3 Å². The second kappa shape index (κ2) is 8.93. The van der Waals surface area contributed by atoms with Crippen molar-refractivity contribution in [3.63, 3.8) is 0 Å². The van der Waals surface area contributed by atoms with Crippen molar-refractivity contribution >= 4 is 17.3 Å². The van der Waals surface area contributed by atoms with Crippen LogP contribution in [0.15, 0.2) is 47.6 Å². The molecule has 7 nitrogen and oxygen atoms in total. The minimum Gasteiger partial charge on any atom is -0.494 e. The average Bonchev–Trinajstić information content (AvgIpc) is 2.69. The predicted molar refractivity (Wildman–Crippen MR) is 102 cm³/mol. The van der Waals surface area contributed by atoms with Crippen molar-refractivity contribution in [3.05, 3.63) is 48.0 Å². The van der Waals surface area contributed by atoms with Crippen molar-refractivity contribution in [1.82, 2.24) is 0 Å². The molecule has 2 aromatic carbocycles. The van der Waals surface area contributed by atoms with Crippen molar-refractivity contribution in [3.8, 4) is 17.2 Å². The minimum absolute atomic E-state index is 0.185. The number of carbonyl (C=O) groups is 1. The van der Waals surface area contributed by atoms with Crippen LogP contribution in [0, 0.1) is 0 Å². The van der Waals surface area contributed by atoms with Crippen LogP contribution < -0.4 is 19.5 Å². The number of fused-ring (bicyclic) bond motifs is 1. The van der Waals surface area contributed by atoms with E-state index in [1.165, 1.54) is 0 Å². The summed E-state index contributed by atoms with van der Waals surface area (Å²) >= 11 is 0. The van der Waals surface area contributed by atoms with Gasteiger partial charge in [-0.2, -0.15) is 0 Å². The van der Waals surface area contributed by atoms with Crippen molar-refractivity contribution in [1.29, 1.82) is 0 Å². The van der Waals surface area contributed by atoms with Crippen LogP contribution in [-0.2, 0) is 9.63 Å². The van der Waals surface area contributed by atoms with Crippen LogP contribution in [0.5, 0.6) is 17.2 Å². The normalized spacial score (nSPS) is 13.0. The molecule has 0 spiro atoms. The second-order valence-corrected chi connectivity index (χ2v) is 5.81. The highest BCUT2D eigenvalue weighted by Gasteiger charge is 2.13. The summed E-state index contributed by atoms with van der Waals surface area (Å²) in [7, 11) is 0. The zero-order valence-electron chi connectivity index (χ0n) is 15.4. The molecular formula is C20H22N2O5. The Bertz CT molecular complexity index is 818. The third-order valence-corrected chi connectivity index (χ3v) is 3.81. The van der Waals surface area contributed by atoms with E-state index in [-0.39, 0.29) is 12.5 Å². The number of rotatable bonds is 7. The van der Waals surface area contributed by atoms with E-state index in [2.05, 4.69) is 10.5 Å². The van der Waals surface area contributed by atoms with Gasteiger partial charge in [-0.25, -0.2) is 0 Å². The summed E-state index contributed by atoms with van der Waals surface area (Å²) in [4.78, 5) is 17.1. The molecule has 0 radical (unpaired) electrons. The van der Waals surface area contributed by atoms with Gasteiger partial charge >= 0.3 is 0 Å². The molecule has 1 aliphatic heterocycles. The van der Waals surface area contributed by atoms with E-state index in [0.29, 0.717) is 42.7 Å². The Morgan fingerprint density at radius 1 is 1.11 bits per heavy atom. The van der Waals surface area contributed by atoms with Crippen LogP contribution in [0.1, 0.15) is 19.4 Å². The molecule has 0 saturated carbocycles. The first-order chi connectivity index (χ1) is 13.2. The number of hydrogen-bond acceptors (Lipinski definition) is 6. The first kappa shape index (κ1) is 18.6. The summed E-state index contributed by atoms with van der Waals surface area (Å²) < 4.78 is 16.4. The van der Waals surface area contributed by atoms with Gasteiger partial charge in [-0.05, 0) is 56.3 Å². The van der Waals surface area contributed by atoms with E-state index in [1.807, 2.05) is 25.1 Å². The Morgan fingerprint density at radius 3 is 2.59 bits per heavy atom. The Balaban J connectivity index is 1.51. The number of ether oxygens (including phenoxy) is 3. The molecule has 7 heteroatoms. The first-order valence-electron chi connectivity index (χ1n) is 8.75. The van der Waals surface area contributed by atoms with Crippen LogP contribution >= 0.6 is 0 Å². The molecular weight excluding hydrogens is 348 g/mol. The quantitative estimate of drug-likeness (QED) is 0.598. The summed E-state index contributed by atoms with van der Waals surface area (Å²) in [6.07, 6.45) is 0. The third-order valence-electron chi connectivity index (χ3n) is 3.81. The number of oxime groups is 1. The third kappa shape index (κ3) is 5.13. The van der Waals surface area contributed by atoms with E-state index in [9.17, 15) is 4.79 Å². The summed E-state index contributed by atoms with van der Waals surface area (Å²) in [6, 6.07) is 12.7. The fraction of sp³-hybridized carbons (Fsp3) is 0.300. The molecule has 0 atom stereocenters. The number of nitrogens with zero attached hydrogens (tertiary/aromatic N) is 1. The Morgan fingerprint density at radius 2 is 1.85 bits per heavy atom. The fourth-order valence-corrected chi connectivity index (χ4v) is 2.51. The van der Waals surface area contributed by atoms with Gasteiger partial charge < -0.3 is 24.4 Å². The maximum absolute atomic E-state index is 12.0. The SMILES string of the molecule is CCOc1ccc(NC(=O)CO/N=C(\C)c2ccc3c(c2)OCCO3)cc1. The van der Waals surface area contributed by atoms with Crippen molar-refractivity contribution in [2.24, 2.45) is 5.16 Å². The number of benzene rings is 2. The lowest BCUT2D eigenvalue weighted by molar-refractivity contribution is -0.120. The number of anilines is 1. The highest BCUT2D eigenvalue weighted by molar-refractivity contribution is 5.99. The maximum Gasteiger partial charge on any atom is 0.265 e. The summed E-state index contributed by atoms with van der Waals surface area (Å²) in [5, 5.41) is 6.74. The van der Waals surface area contributed by atoms with Crippen molar-refractivity contribution < 1.29 is 23.8 Å². The number of nitrogens with one attached hydrogen (secondary N) is 1. The van der Waals surface area contributed by atoms with E-state index in [0.717, 1.165) is 11.3 Å². The van der Waals surface area contributed by atoms with E-state index in [1.54, 1.807) is 31.2 Å². The monoisotopic (exact) mass is 370 g/mol. The molecule has 0 saturated heterocycles. The first-order valence-corrected chi connectivity index (χ1v) is 8.75. The van der Waals surface area contributed by atoms with Crippen molar-refractivity contribution in [2.75, 3.05) is 31.7 Å². The lowest BCUT2D eigenvalue weighted by atomic mass is 10.1. The summed E-state index contributed by atoms with van der Waals surface area (Å²) in [6.45, 7) is 5.20. The molecule has 0 aromatic heterocycles. The van der Waals surface area contributed by atoms with Gasteiger partial charge in [0.15, 0.2) is 18.1 Å². The molecule has 142 valence electrons. The van der Waals surface area contributed by atoms with Crippen LogP contribution in [0.2, 0.25) is 0 Å². The van der Waals surface area contributed by atoms with Crippen LogP contribution in [-0.4, -0.2) is 38.0 Å². The maximum atomic E-state index is 12.0. The number of hydrogen-bond donors (Lipinski definition) is 1. The molecule has 1 amide bonds. The van der Waals surface area contributed by atoms with E-state index >= 15 is 0 Å². The molecule has 0 unspecified atom stereocenters. The lowest BCUT2D eigenvalue weighted by Crippen LogP contribution is -2.17. The van der Waals surface area contributed by atoms with Crippen LogP contribution in [0.4, 0.5) is 5.69 Å². The summed E-state index contributed by atoms with van der Waals surface area (Å²) in [5.74, 6) is 1.86. The molecule has 0 bridgehead atoms. The Hall–Kier alpha value is -3.22. The lowest BCUT2D eigenvalue weighted by Gasteiger charge is -2.18. The van der Waals surface area contributed by atoms with Gasteiger partial charge in [0.2, 0.25) is 0 Å². The largest absolute Gasteiger partial charge is 0.494 e. The molecule has 2 aromatic rings. The Kier molecular flexibility index (Phi) is 6.14. The highest BCUT2D eigenvalue weighted by Crippen LogP contribution is 2.30. The molecule has 0 fully saturated rings. The van der Waals surface area contributed by atoms with Crippen molar-refractivity contribution in [2.45, 2.75) is 13.8 Å². The molecule has 3 rings (SSSR count). The smallest absolute Gasteiger partial charge is 0.265 e. The fourth-order valence-electron chi connectivity index (χ4n) is 2.51. The molecule has 1 aliphatic rings. The standard InChI is InChI=1S/C20H22N2O5/c1-3-24-17-7-5-16(6-8-17)21-20(23)13-27-22-14(2)15-4-9-18-19(12-15)26-11-10-25-18/h4-9,12H,3,10-11,13H2,1-2H3,(H,21,23)/b22-14+. The average molecular weight is 370 g/mol. The molecule has 1 heterocycles. The van der Waals surface area contributed by atoms with Crippen LogP contribution in [0.3, 0.4) is 0 Å². The van der Waals surface area contributed by atoms with Crippen LogP contribution in [0.25, 0.3) is 0 Å². The predicted octanol–water partition coefficient (Wildman–Crippen LogP) is 3.24. The zero-order chi connectivity index (χ0) is 19.1. The molecule has 27 heavy (non-hydrogen) atoms. The van der Waals surface area contributed by atoms with Gasteiger partial charge in [0.25, 0.3) is 5.91 Å². The molecule has 0 aliphatic carbocycles. The topological polar surface area (TPSA) is 78.4 Å². The van der Waals surface area contributed by atoms with E-state index in [4.69, 9.17) is 19.0 Å². The highest BCUT2D eigenvalue weighted by atomic mass is 16.6. The van der Waals surface area contributed by atoms with Gasteiger partial charge in [0.1, 0.15) is 19.0 Å². The second-order valence-electron chi connectivity index (χ2n) is 5.81. The Labute approximate surface area is 157 Å². The van der Waals surface area contributed by atoms with Gasteiger partial charge in [-0.3, -0.25) is 4.79 Å². The zero-order valence-corrected chi connectivity index (χ0v) is 15.4. The van der Waals surface area contributed by atoms with E-state index < -0.39 is 0 Å². The number of carbonyl (C=O) groups excluding carboxylic acids is 1. The minimum atomic E-state index is -0.294. The number of amides is 1.